The number of fused-ring (bicyclic) bond motifs is 1. The molecule has 8 heteroatoms. The number of carbonyl (C=O) groups is 1. The van der Waals surface area contributed by atoms with Gasteiger partial charge in [0.25, 0.3) is 5.56 Å². The summed E-state index contributed by atoms with van der Waals surface area (Å²) >= 11 is 1.27. The van der Waals surface area contributed by atoms with Gasteiger partial charge in [-0.15, -0.1) is 0 Å². The van der Waals surface area contributed by atoms with Crippen LogP contribution in [0.2, 0.25) is 0 Å². The molecule has 0 spiro atoms. The van der Waals surface area contributed by atoms with Gasteiger partial charge in [0, 0.05) is 5.56 Å². The number of hydrogen-bond donors (Lipinski definition) is 0. The molecule has 0 bridgehead atoms. The van der Waals surface area contributed by atoms with E-state index in [9.17, 15) is 9.59 Å². The molecule has 0 saturated heterocycles. The Balaban J connectivity index is 2.00. The van der Waals surface area contributed by atoms with Gasteiger partial charge in [-0.2, -0.15) is 0 Å². The van der Waals surface area contributed by atoms with E-state index in [0.717, 1.165) is 5.56 Å². The molecule has 0 unspecified atom stereocenters. The van der Waals surface area contributed by atoms with Crippen molar-refractivity contribution >= 4 is 23.4 Å². The molecule has 33 heavy (non-hydrogen) atoms. The molecule has 2 aromatic carbocycles. The van der Waals surface area contributed by atoms with Crippen LogP contribution in [-0.4, -0.2) is 31.9 Å². The molecule has 0 amide bonds. The minimum atomic E-state index is -0.626. The van der Waals surface area contributed by atoms with E-state index in [1.165, 1.54) is 18.4 Å². The van der Waals surface area contributed by atoms with Gasteiger partial charge in [0.05, 0.1) is 43.2 Å². The molecule has 1 aliphatic rings. The SMILES string of the molecule is CCC1=C(C(=O)OC)[C@H](c2ccccc2)n2c(s/c(=C/c3cc(OC)ccc3OC)c2=O)=N1. The molecule has 170 valence electrons. The first-order chi connectivity index (χ1) is 16.0. The van der Waals surface area contributed by atoms with Crippen molar-refractivity contribution in [2.45, 2.75) is 19.4 Å². The number of rotatable bonds is 6. The van der Waals surface area contributed by atoms with Crippen LogP contribution in [0.15, 0.2) is 69.6 Å². The number of allylic oxidation sites excluding steroid dienone is 1. The van der Waals surface area contributed by atoms with Crippen molar-refractivity contribution in [3.05, 3.63) is 90.6 Å². The number of ether oxygens (including phenoxy) is 3. The number of aromatic nitrogens is 1. The molecular weight excluding hydrogens is 440 g/mol. The van der Waals surface area contributed by atoms with Gasteiger partial charge in [-0.1, -0.05) is 48.6 Å². The number of esters is 1. The third kappa shape index (κ3) is 4.09. The van der Waals surface area contributed by atoms with E-state index >= 15 is 0 Å². The van der Waals surface area contributed by atoms with Crippen molar-refractivity contribution in [1.29, 1.82) is 0 Å². The maximum Gasteiger partial charge on any atom is 0.338 e. The van der Waals surface area contributed by atoms with Crippen molar-refractivity contribution in [2.75, 3.05) is 21.3 Å². The zero-order valence-corrected chi connectivity index (χ0v) is 19.6. The predicted molar refractivity (Wildman–Crippen MR) is 126 cm³/mol. The van der Waals surface area contributed by atoms with E-state index in [0.29, 0.717) is 44.1 Å². The molecule has 4 rings (SSSR count). The molecule has 1 aromatic heterocycles. The van der Waals surface area contributed by atoms with Gasteiger partial charge in [0.2, 0.25) is 0 Å². The highest BCUT2D eigenvalue weighted by atomic mass is 32.1. The second kappa shape index (κ2) is 9.46. The van der Waals surface area contributed by atoms with Gasteiger partial charge >= 0.3 is 5.97 Å². The van der Waals surface area contributed by atoms with Crippen molar-refractivity contribution in [1.82, 2.24) is 4.57 Å². The van der Waals surface area contributed by atoms with Gasteiger partial charge in [-0.3, -0.25) is 9.36 Å². The normalized spacial score (nSPS) is 15.6. The largest absolute Gasteiger partial charge is 0.497 e. The van der Waals surface area contributed by atoms with E-state index < -0.39 is 12.0 Å². The maximum absolute atomic E-state index is 13.6. The molecule has 1 aliphatic heterocycles. The lowest BCUT2D eigenvalue weighted by molar-refractivity contribution is -0.136. The molecule has 0 fully saturated rings. The fourth-order valence-electron chi connectivity index (χ4n) is 3.91. The van der Waals surface area contributed by atoms with Crippen molar-refractivity contribution in [3.63, 3.8) is 0 Å². The van der Waals surface area contributed by atoms with E-state index in [-0.39, 0.29) is 5.56 Å². The lowest BCUT2D eigenvalue weighted by Gasteiger charge is -2.25. The Hall–Kier alpha value is -3.65. The summed E-state index contributed by atoms with van der Waals surface area (Å²) in [6, 6.07) is 14.2. The molecule has 3 aromatic rings. The highest BCUT2D eigenvalue weighted by Crippen LogP contribution is 2.31. The number of thiazole rings is 1. The fraction of sp³-hybridized carbons (Fsp3) is 0.240. The zero-order chi connectivity index (χ0) is 23.5. The fourth-order valence-corrected chi connectivity index (χ4v) is 4.92. The Kier molecular flexibility index (Phi) is 6.46. The Morgan fingerprint density at radius 3 is 2.52 bits per heavy atom. The van der Waals surface area contributed by atoms with E-state index in [4.69, 9.17) is 14.2 Å². The number of hydrogen-bond acceptors (Lipinski definition) is 7. The summed E-state index contributed by atoms with van der Waals surface area (Å²) < 4.78 is 17.9. The summed E-state index contributed by atoms with van der Waals surface area (Å²) in [4.78, 5) is 31.7. The molecule has 0 saturated carbocycles. The van der Waals surface area contributed by atoms with Crippen LogP contribution in [0.1, 0.15) is 30.5 Å². The van der Waals surface area contributed by atoms with Crippen LogP contribution in [0.3, 0.4) is 0 Å². The second-order valence-corrected chi connectivity index (χ2v) is 8.32. The summed E-state index contributed by atoms with van der Waals surface area (Å²) in [5.74, 6) is 0.775. The number of methoxy groups -OCH3 is 3. The smallest absolute Gasteiger partial charge is 0.338 e. The lowest BCUT2D eigenvalue weighted by atomic mass is 9.95. The van der Waals surface area contributed by atoms with Crippen LogP contribution in [0.4, 0.5) is 0 Å². The van der Waals surface area contributed by atoms with Gasteiger partial charge in [-0.25, -0.2) is 9.79 Å². The first-order valence-corrected chi connectivity index (χ1v) is 11.2. The summed E-state index contributed by atoms with van der Waals surface area (Å²) in [5, 5.41) is 0. The van der Waals surface area contributed by atoms with Gasteiger partial charge in [-0.05, 0) is 36.3 Å². The monoisotopic (exact) mass is 464 g/mol. The number of nitrogens with zero attached hydrogens (tertiary/aromatic N) is 2. The van der Waals surface area contributed by atoms with Crippen molar-refractivity contribution in [3.8, 4) is 11.5 Å². The molecule has 0 radical (unpaired) electrons. The van der Waals surface area contributed by atoms with E-state index in [1.54, 1.807) is 37.0 Å². The Labute approximate surface area is 194 Å². The number of benzene rings is 2. The molecule has 0 N–H and O–H groups in total. The first kappa shape index (κ1) is 22.5. The minimum absolute atomic E-state index is 0.242. The van der Waals surface area contributed by atoms with Crippen LogP contribution in [-0.2, 0) is 9.53 Å². The summed E-state index contributed by atoms with van der Waals surface area (Å²) in [6.07, 6.45) is 2.29. The van der Waals surface area contributed by atoms with Crippen molar-refractivity contribution < 1.29 is 19.0 Å². The van der Waals surface area contributed by atoms with Crippen molar-refractivity contribution in [2.24, 2.45) is 4.99 Å². The standard InChI is InChI=1S/C25H24N2O5S/c1-5-18-21(24(29)32-4)22(15-9-7-6-8-10-15)27-23(28)20(33-25(27)26-18)14-16-13-17(30-2)11-12-19(16)31-3/h6-14,22H,5H2,1-4H3/b20-14+/t22-/m0/s1. The highest BCUT2D eigenvalue weighted by molar-refractivity contribution is 7.07. The topological polar surface area (TPSA) is 79.1 Å². The van der Waals surface area contributed by atoms with Gasteiger partial charge in [0.15, 0.2) is 4.80 Å². The molecular formula is C25H24N2O5S. The molecule has 7 nitrogen and oxygen atoms in total. The van der Waals surface area contributed by atoms with E-state index in [2.05, 4.69) is 4.99 Å². The quantitative estimate of drug-likeness (QED) is 0.524. The van der Waals surface area contributed by atoms with Crippen LogP contribution >= 0.6 is 11.3 Å². The van der Waals surface area contributed by atoms with Gasteiger partial charge in [0.1, 0.15) is 11.5 Å². The third-order valence-electron chi connectivity index (χ3n) is 5.49. The average Bonchev–Trinajstić information content (AvgIpc) is 3.17. The third-order valence-corrected chi connectivity index (χ3v) is 6.47. The first-order valence-electron chi connectivity index (χ1n) is 10.4. The minimum Gasteiger partial charge on any atom is -0.497 e. The van der Waals surface area contributed by atoms with Gasteiger partial charge < -0.3 is 14.2 Å². The van der Waals surface area contributed by atoms with Crippen LogP contribution in [0, 0.1) is 0 Å². The van der Waals surface area contributed by atoms with Crippen LogP contribution in [0.25, 0.3) is 6.08 Å². The summed E-state index contributed by atoms with van der Waals surface area (Å²) in [5.41, 5.74) is 2.27. The summed E-state index contributed by atoms with van der Waals surface area (Å²) in [6.45, 7) is 1.93. The highest BCUT2D eigenvalue weighted by Gasteiger charge is 2.33. The molecule has 2 heterocycles. The Bertz CT molecular complexity index is 1400. The number of carbonyl (C=O) groups excluding carboxylic acids is 1. The van der Waals surface area contributed by atoms with E-state index in [1.807, 2.05) is 43.3 Å². The maximum atomic E-state index is 13.6. The Morgan fingerprint density at radius 1 is 1.12 bits per heavy atom. The lowest BCUT2D eigenvalue weighted by Crippen LogP contribution is -2.40. The molecule has 0 aliphatic carbocycles. The van der Waals surface area contributed by atoms with Crippen LogP contribution < -0.4 is 24.4 Å². The van der Waals surface area contributed by atoms with Crippen LogP contribution in [0.5, 0.6) is 11.5 Å². The second-order valence-electron chi connectivity index (χ2n) is 7.31. The predicted octanol–water partition coefficient (Wildman–Crippen LogP) is 2.82. The zero-order valence-electron chi connectivity index (χ0n) is 18.8. The Morgan fingerprint density at radius 2 is 1.88 bits per heavy atom. The summed E-state index contributed by atoms with van der Waals surface area (Å²) in [7, 11) is 4.50. The molecule has 1 atom stereocenters. The average molecular weight is 465 g/mol.